The molecular formula is C14H16O4. The maximum absolute atomic E-state index is 11.8. The minimum absolute atomic E-state index is 0.104. The van der Waals surface area contributed by atoms with Gasteiger partial charge in [0.05, 0.1) is 24.3 Å². The van der Waals surface area contributed by atoms with Gasteiger partial charge in [0.15, 0.2) is 0 Å². The Balaban J connectivity index is 2.52. The maximum atomic E-state index is 11.8. The minimum atomic E-state index is -0.344. The van der Waals surface area contributed by atoms with Gasteiger partial charge < -0.3 is 9.47 Å². The van der Waals surface area contributed by atoms with E-state index in [1.807, 2.05) is 13.8 Å². The van der Waals surface area contributed by atoms with Crippen LogP contribution in [0.15, 0.2) is 12.1 Å². The number of carbonyl (C=O) groups is 2. The van der Waals surface area contributed by atoms with Crippen LogP contribution in [0.25, 0.3) is 0 Å². The predicted octanol–water partition coefficient (Wildman–Crippen LogP) is 2.45. The number of fused-ring (bicyclic) bond motifs is 1. The van der Waals surface area contributed by atoms with E-state index in [0.717, 1.165) is 11.1 Å². The van der Waals surface area contributed by atoms with Crippen LogP contribution in [0.1, 0.15) is 51.6 Å². The highest BCUT2D eigenvalue weighted by Gasteiger charge is 2.28. The molecule has 1 aromatic rings. The van der Waals surface area contributed by atoms with E-state index in [-0.39, 0.29) is 17.9 Å². The van der Waals surface area contributed by atoms with Crippen molar-refractivity contribution in [1.82, 2.24) is 0 Å². The first-order chi connectivity index (χ1) is 8.56. The van der Waals surface area contributed by atoms with Crippen molar-refractivity contribution in [2.24, 2.45) is 0 Å². The molecule has 1 aliphatic heterocycles. The highest BCUT2D eigenvalue weighted by Crippen LogP contribution is 2.31. The molecular weight excluding hydrogens is 232 g/mol. The summed E-state index contributed by atoms with van der Waals surface area (Å²) in [6, 6.07) is 3.28. The van der Waals surface area contributed by atoms with E-state index in [4.69, 9.17) is 9.47 Å². The average molecular weight is 248 g/mol. The lowest BCUT2D eigenvalue weighted by Gasteiger charge is -2.24. The minimum Gasteiger partial charge on any atom is -0.462 e. The molecule has 18 heavy (non-hydrogen) atoms. The Morgan fingerprint density at radius 2 is 2.22 bits per heavy atom. The molecule has 1 heterocycles. The first-order valence-electron chi connectivity index (χ1n) is 6.04. The Labute approximate surface area is 106 Å². The first-order valence-corrected chi connectivity index (χ1v) is 6.04. The predicted molar refractivity (Wildman–Crippen MR) is 65.8 cm³/mol. The maximum Gasteiger partial charge on any atom is 0.338 e. The summed E-state index contributed by atoms with van der Waals surface area (Å²) in [5.74, 6) is -0.558. The zero-order valence-electron chi connectivity index (χ0n) is 10.8. The molecule has 0 saturated carbocycles. The summed E-state index contributed by atoms with van der Waals surface area (Å²) in [7, 11) is 0. The zero-order valence-corrected chi connectivity index (χ0v) is 10.8. The lowest BCUT2D eigenvalue weighted by Crippen LogP contribution is -2.23. The summed E-state index contributed by atoms with van der Waals surface area (Å²) in [4.78, 5) is 23.5. The summed E-state index contributed by atoms with van der Waals surface area (Å²) in [6.45, 7) is 6.30. The molecule has 0 spiro atoms. The fourth-order valence-corrected chi connectivity index (χ4v) is 2.33. The van der Waals surface area contributed by atoms with Gasteiger partial charge in [0.25, 0.3) is 0 Å². The molecule has 0 bridgehead atoms. The summed E-state index contributed by atoms with van der Waals surface area (Å²) < 4.78 is 10.1. The van der Waals surface area contributed by atoms with Gasteiger partial charge in [-0.25, -0.2) is 9.59 Å². The summed E-state index contributed by atoms with van der Waals surface area (Å²) >= 11 is 0. The number of carbonyl (C=O) groups excluding carboxylic acids is 2. The lowest BCUT2D eigenvalue weighted by molar-refractivity contribution is 0.0443. The summed E-state index contributed by atoms with van der Waals surface area (Å²) in [5.41, 5.74) is 2.79. The smallest absolute Gasteiger partial charge is 0.338 e. The Kier molecular flexibility index (Phi) is 3.36. The molecule has 2 rings (SSSR count). The monoisotopic (exact) mass is 248 g/mol. The van der Waals surface area contributed by atoms with Gasteiger partial charge in [-0.1, -0.05) is 6.92 Å². The zero-order chi connectivity index (χ0) is 13.3. The summed E-state index contributed by atoms with van der Waals surface area (Å²) in [5, 5.41) is 0. The van der Waals surface area contributed by atoms with Gasteiger partial charge in [-0.15, -0.1) is 0 Å². The van der Waals surface area contributed by atoms with Gasteiger partial charge in [0.1, 0.15) is 0 Å². The molecule has 1 aromatic carbocycles. The van der Waals surface area contributed by atoms with E-state index >= 15 is 0 Å². The SMILES string of the molecule is CCOC(=O)c1ccc2c(c1C)C(C)COC2=O. The van der Waals surface area contributed by atoms with Crippen molar-refractivity contribution < 1.29 is 19.1 Å². The van der Waals surface area contributed by atoms with Gasteiger partial charge in [-0.05, 0) is 37.1 Å². The van der Waals surface area contributed by atoms with Gasteiger partial charge in [-0.2, -0.15) is 0 Å². The number of cyclic esters (lactones) is 1. The number of ether oxygens (including phenoxy) is 2. The fraction of sp³-hybridized carbons (Fsp3) is 0.429. The molecule has 0 amide bonds. The van der Waals surface area contributed by atoms with Crippen molar-refractivity contribution in [3.8, 4) is 0 Å². The Morgan fingerprint density at radius 1 is 1.50 bits per heavy atom. The molecule has 0 aromatic heterocycles. The topological polar surface area (TPSA) is 52.6 Å². The van der Waals surface area contributed by atoms with E-state index < -0.39 is 0 Å². The Morgan fingerprint density at radius 3 is 2.89 bits per heavy atom. The molecule has 0 saturated heterocycles. The van der Waals surface area contributed by atoms with Gasteiger partial charge >= 0.3 is 11.9 Å². The molecule has 4 heteroatoms. The highest BCUT2D eigenvalue weighted by atomic mass is 16.5. The molecule has 4 nitrogen and oxygen atoms in total. The van der Waals surface area contributed by atoms with Crippen LogP contribution in [0.4, 0.5) is 0 Å². The number of hydrogen-bond donors (Lipinski definition) is 0. The van der Waals surface area contributed by atoms with Crippen LogP contribution in [0, 0.1) is 6.92 Å². The molecule has 1 atom stereocenters. The number of benzene rings is 1. The third-order valence-electron chi connectivity index (χ3n) is 3.19. The Hall–Kier alpha value is -1.84. The molecule has 0 fully saturated rings. The van der Waals surface area contributed by atoms with E-state index in [2.05, 4.69) is 0 Å². The van der Waals surface area contributed by atoms with Crippen molar-refractivity contribution in [2.45, 2.75) is 26.7 Å². The lowest BCUT2D eigenvalue weighted by atomic mass is 9.87. The van der Waals surface area contributed by atoms with Crippen LogP contribution in [0.2, 0.25) is 0 Å². The summed E-state index contributed by atoms with van der Waals surface area (Å²) in [6.07, 6.45) is 0. The fourth-order valence-electron chi connectivity index (χ4n) is 2.33. The van der Waals surface area contributed by atoms with Crippen molar-refractivity contribution in [3.05, 3.63) is 34.4 Å². The highest BCUT2D eigenvalue weighted by molar-refractivity contribution is 5.97. The number of rotatable bonds is 2. The largest absolute Gasteiger partial charge is 0.462 e. The molecule has 1 unspecified atom stereocenters. The molecule has 0 N–H and O–H groups in total. The molecule has 1 aliphatic rings. The second-order valence-electron chi connectivity index (χ2n) is 4.42. The van der Waals surface area contributed by atoms with E-state index in [1.165, 1.54) is 0 Å². The van der Waals surface area contributed by atoms with Crippen LogP contribution in [-0.4, -0.2) is 25.2 Å². The quantitative estimate of drug-likeness (QED) is 0.754. The van der Waals surface area contributed by atoms with E-state index in [0.29, 0.717) is 24.3 Å². The van der Waals surface area contributed by atoms with E-state index in [1.54, 1.807) is 19.1 Å². The van der Waals surface area contributed by atoms with Crippen molar-refractivity contribution >= 4 is 11.9 Å². The normalized spacial score (nSPS) is 17.9. The van der Waals surface area contributed by atoms with E-state index in [9.17, 15) is 9.59 Å². The average Bonchev–Trinajstić information content (AvgIpc) is 2.34. The number of hydrogen-bond acceptors (Lipinski definition) is 4. The van der Waals surface area contributed by atoms with Crippen LogP contribution in [-0.2, 0) is 9.47 Å². The van der Waals surface area contributed by atoms with Gasteiger partial charge in [-0.3, -0.25) is 0 Å². The molecule has 96 valence electrons. The third kappa shape index (κ3) is 1.98. The van der Waals surface area contributed by atoms with Crippen LogP contribution >= 0.6 is 0 Å². The van der Waals surface area contributed by atoms with Gasteiger partial charge in [0, 0.05) is 5.92 Å². The van der Waals surface area contributed by atoms with Gasteiger partial charge in [0.2, 0.25) is 0 Å². The third-order valence-corrected chi connectivity index (χ3v) is 3.19. The standard InChI is InChI=1S/C14H16O4/c1-4-17-13(15)10-5-6-11-12(9(10)3)8(2)7-18-14(11)16/h5-6,8H,4,7H2,1-3H3. The first kappa shape index (κ1) is 12.6. The second kappa shape index (κ2) is 4.80. The van der Waals surface area contributed by atoms with Crippen LogP contribution in [0.5, 0.6) is 0 Å². The van der Waals surface area contributed by atoms with Crippen molar-refractivity contribution in [1.29, 1.82) is 0 Å². The van der Waals surface area contributed by atoms with Crippen molar-refractivity contribution in [3.63, 3.8) is 0 Å². The number of esters is 2. The Bertz CT molecular complexity index is 505. The second-order valence-corrected chi connectivity index (χ2v) is 4.42. The van der Waals surface area contributed by atoms with Crippen LogP contribution in [0.3, 0.4) is 0 Å². The molecule has 0 aliphatic carbocycles. The van der Waals surface area contributed by atoms with Crippen LogP contribution < -0.4 is 0 Å². The molecule has 0 radical (unpaired) electrons. The van der Waals surface area contributed by atoms with Crippen molar-refractivity contribution in [2.75, 3.05) is 13.2 Å².